The molecule has 0 saturated carbocycles. The maximum absolute atomic E-state index is 12.4. The second-order valence-corrected chi connectivity index (χ2v) is 6.60. The Morgan fingerprint density at radius 2 is 2.45 bits per heavy atom. The SMILES string of the molecule is C[C@H]1CN(CCOC2CCOC2)CCN1C(=O)c1cscn1. The number of aromatic nitrogens is 1. The van der Waals surface area contributed by atoms with Gasteiger partial charge in [-0.15, -0.1) is 11.3 Å². The first kappa shape index (κ1) is 15.9. The van der Waals surface area contributed by atoms with Crippen LogP contribution in [0.15, 0.2) is 10.9 Å². The molecule has 2 atom stereocenters. The maximum Gasteiger partial charge on any atom is 0.273 e. The minimum absolute atomic E-state index is 0.0488. The van der Waals surface area contributed by atoms with E-state index in [0.717, 1.165) is 52.4 Å². The number of carbonyl (C=O) groups is 1. The molecule has 3 heterocycles. The number of amides is 1. The molecule has 0 radical (unpaired) electrons. The van der Waals surface area contributed by atoms with Crippen LogP contribution in [0.4, 0.5) is 0 Å². The van der Waals surface area contributed by atoms with Gasteiger partial charge >= 0.3 is 0 Å². The molecule has 7 heteroatoms. The van der Waals surface area contributed by atoms with Gasteiger partial charge in [-0.3, -0.25) is 9.69 Å². The number of hydrogen-bond acceptors (Lipinski definition) is 6. The molecule has 2 fully saturated rings. The van der Waals surface area contributed by atoms with E-state index in [1.54, 1.807) is 5.51 Å². The molecule has 2 aliphatic rings. The van der Waals surface area contributed by atoms with Gasteiger partial charge in [0, 0.05) is 44.2 Å². The largest absolute Gasteiger partial charge is 0.379 e. The van der Waals surface area contributed by atoms with Gasteiger partial charge in [0.2, 0.25) is 0 Å². The topological polar surface area (TPSA) is 54.9 Å². The third kappa shape index (κ3) is 3.84. The van der Waals surface area contributed by atoms with Gasteiger partial charge in [-0.25, -0.2) is 4.98 Å². The third-order valence-electron chi connectivity index (χ3n) is 4.27. The minimum Gasteiger partial charge on any atom is -0.379 e. The van der Waals surface area contributed by atoms with E-state index in [2.05, 4.69) is 16.8 Å². The normalized spacial score (nSPS) is 26.5. The van der Waals surface area contributed by atoms with E-state index in [-0.39, 0.29) is 18.1 Å². The second kappa shape index (κ2) is 7.50. The molecule has 0 aliphatic carbocycles. The van der Waals surface area contributed by atoms with Crippen LogP contribution in [0.2, 0.25) is 0 Å². The molecule has 22 heavy (non-hydrogen) atoms. The smallest absolute Gasteiger partial charge is 0.273 e. The van der Waals surface area contributed by atoms with Gasteiger partial charge in [0.25, 0.3) is 5.91 Å². The molecular formula is C15H23N3O3S. The van der Waals surface area contributed by atoms with Crippen molar-refractivity contribution in [1.29, 1.82) is 0 Å². The van der Waals surface area contributed by atoms with E-state index in [1.807, 2.05) is 10.3 Å². The molecule has 0 aromatic carbocycles. The lowest BCUT2D eigenvalue weighted by atomic mass is 10.2. The van der Waals surface area contributed by atoms with Crippen molar-refractivity contribution in [2.75, 3.05) is 46.0 Å². The Labute approximate surface area is 135 Å². The van der Waals surface area contributed by atoms with Crippen LogP contribution in [0.25, 0.3) is 0 Å². The minimum atomic E-state index is 0.0488. The van der Waals surface area contributed by atoms with Crippen LogP contribution in [0.5, 0.6) is 0 Å². The fraction of sp³-hybridized carbons (Fsp3) is 0.733. The molecule has 2 aliphatic heterocycles. The van der Waals surface area contributed by atoms with Gasteiger partial charge in [0.1, 0.15) is 5.69 Å². The summed E-state index contributed by atoms with van der Waals surface area (Å²) >= 11 is 1.46. The van der Waals surface area contributed by atoms with Crippen LogP contribution < -0.4 is 0 Å². The number of carbonyl (C=O) groups excluding carboxylic acids is 1. The van der Waals surface area contributed by atoms with Crippen LogP contribution in [-0.2, 0) is 9.47 Å². The lowest BCUT2D eigenvalue weighted by Crippen LogP contribution is -2.54. The van der Waals surface area contributed by atoms with Crippen molar-refractivity contribution in [3.05, 3.63) is 16.6 Å². The summed E-state index contributed by atoms with van der Waals surface area (Å²) in [6.07, 6.45) is 1.27. The van der Waals surface area contributed by atoms with Crippen molar-refractivity contribution in [2.45, 2.75) is 25.5 Å². The zero-order valence-corrected chi connectivity index (χ0v) is 13.8. The molecule has 1 unspecified atom stereocenters. The van der Waals surface area contributed by atoms with Crippen molar-refractivity contribution >= 4 is 17.2 Å². The first-order chi connectivity index (χ1) is 10.7. The van der Waals surface area contributed by atoms with Gasteiger partial charge < -0.3 is 14.4 Å². The summed E-state index contributed by atoms with van der Waals surface area (Å²) in [5.74, 6) is 0.0488. The lowest BCUT2D eigenvalue weighted by Gasteiger charge is -2.39. The number of piperazine rings is 1. The molecule has 3 rings (SSSR count). The number of hydrogen-bond donors (Lipinski definition) is 0. The van der Waals surface area contributed by atoms with E-state index in [1.165, 1.54) is 11.3 Å². The average molecular weight is 325 g/mol. The Morgan fingerprint density at radius 3 is 3.14 bits per heavy atom. The number of rotatable bonds is 5. The Bertz CT molecular complexity index is 476. The maximum atomic E-state index is 12.4. The average Bonchev–Trinajstić information content (AvgIpc) is 3.20. The predicted octanol–water partition coefficient (Wildman–Crippen LogP) is 1.09. The second-order valence-electron chi connectivity index (χ2n) is 5.88. The molecule has 2 saturated heterocycles. The van der Waals surface area contributed by atoms with Gasteiger partial charge in [0.15, 0.2) is 0 Å². The standard InChI is InChI=1S/C15H23N3O3S/c1-12-8-17(5-7-21-13-2-6-20-9-13)3-4-18(12)15(19)14-10-22-11-16-14/h10-13H,2-9H2,1H3/t12-,13?/m0/s1. The van der Waals surface area contributed by atoms with E-state index >= 15 is 0 Å². The van der Waals surface area contributed by atoms with Crippen molar-refractivity contribution in [1.82, 2.24) is 14.8 Å². The fourth-order valence-electron chi connectivity index (χ4n) is 3.00. The van der Waals surface area contributed by atoms with E-state index < -0.39 is 0 Å². The molecule has 1 aromatic rings. The highest BCUT2D eigenvalue weighted by Gasteiger charge is 2.28. The van der Waals surface area contributed by atoms with Gasteiger partial charge in [-0.1, -0.05) is 0 Å². The summed E-state index contributed by atoms with van der Waals surface area (Å²) in [5.41, 5.74) is 2.27. The zero-order chi connectivity index (χ0) is 15.4. The first-order valence-corrected chi connectivity index (χ1v) is 8.79. The van der Waals surface area contributed by atoms with Gasteiger partial charge in [0.05, 0.1) is 24.8 Å². The highest BCUT2D eigenvalue weighted by molar-refractivity contribution is 7.07. The molecule has 6 nitrogen and oxygen atoms in total. The van der Waals surface area contributed by atoms with Crippen molar-refractivity contribution in [3.8, 4) is 0 Å². The summed E-state index contributed by atoms with van der Waals surface area (Å²) in [5, 5.41) is 1.82. The number of nitrogens with zero attached hydrogens (tertiary/aromatic N) is 3. The highest BCUT2D eigenvalue weighted by Crippen LogP contribution is 2.14. The van der Waals surface area contributed by atoms with Crippen LogP contribution in [0.3, 0.4) is 0 Å². The zero-order valence-electron chi connectivity index (χ0n) is 12.9. The predicted molar refractivity (Wildman–Crippen MR) is 84.2 cm³/mol. The molecule has 122 valence electrons. The number of ether oxygens (including phenoxy) is 2. The summed E-state index contributed by atoms with van der Waals surface area (Å²) in [4.78, 5) is 20.8. The summed E-state index contributed by atoms with van der Waals surface area (Å²) < 4.78 is 11.1. The molecule has 1 aromatic heterocycles. The summed E-state index contributed by atoms with van der Waals surface area (Å²) in [7, 11) is 0. The summed E-state index contributed by atoms with van der Waals surface area (Å²) in [6.45, 7) is 7.84. The van der Waals surface area contributed by atoms with E-state index in [9.17, 15) is 4.79 Å². The van der Waals surface area contributed by atoms with Crippen molar-refractivity contribution < 1.29 is 14.3 Å². The Hall–Kier alpha value is -1.02. The van der Waals surface area contributed by atoms with Crippen LogP contribution in [0.1, 0.15) is 23.8 Å². The Kier molecular flexibility index (Phi) is 5.41. The monoisotopic (exact) mass is 325 g/mol. The van der Waals surface area contributed by atoms with Gasteiger partial charge in [-0.05, 0) is 13.3 Å². The van der Waals surface area contributed by atoms with Crippen LogP contribution in [0, 0.1) is 0 Å². The molecular weight excluding hydrogens is 302 g/mol. The quantitative estimate of drug-likeness (QED) is 0.811. The lowest BCUT2D eigenvalue weighted by molar-refractivity contribution is 0.0136. The molecule has 0 spiro atoms. The molecule has 0 bridgehead atoms. The van der Waals surface area contributed by atoms with Crippen LogP contribution >= 0.6 is 11.3 Å². The van der Waals surface area contributed by atoms with Crippen molar-refractivity contribution in [2.24, 2.45) is 0 Å². The van der Waals surface area contributed by atoms with Crippen molar-refractivity contribution in [3.63, 3.8) is 0 Å². The van der Waals surface area contributed by atoms with E-state index in [0.29, 0.717) is 5.69 Å². The first-order valence-electron chi connectivity index (χ1n) is 7.85. The van der Waals surface area contributed by atoms with Crippen LogP contribution in [-0.4, -0.2) is 78.8 Å². The Balaban J connectivity index is 1.42. The molecule has 1 amide bonds. The summed E-state index contributed by atoms with van der Waals surface area (Å²) in [6, 6.07) is 0.206. The molecule has 0 N–H and O–H groups in total. The fourth-order valence-corrected chi connectivity index (χ4v) is 3.52. The third-order valence-corrected chi connectivity index (χ3v) is 4.86. The number of thiazole rings is 1. The van der Waals surface area contributed by atoms with Gasteiger partial charge in [-0.2, -0.15) is 0 Å². The van der Waals surface area contributed by atoms with E-state index in [4.69, 9.17) is 9.47 Å². The Morgan fingerprint density at radius 1 is 1.55 bits per heavy atom. The highest BCUT2D eigenvalue weighted by atomic mass is 32.1.